The first-order valence-electron chi connectivity index (χ1n) is 13.2. The van der Waals surface area contributed by atoms with Crippen LogP contribution in [-0.4, -0.2) is 59.5 Å². The van der Waals surface area contributed by atoms with Crippen molar-refractivity contribution in [3.8, 4) is 0 Å². The normalized spacial score (nSPS) is 18.8. The van der Waals surface area contributed by atoms with Gasteiger partial charge in [-0.25, -0.2) is 0 Å². The van der Waals surface area contributed by atoms with Gasteiger partial charge in [-0.2, -0.15) is 0 Å². The van der Waals surface area contributed by atoms with Crippen LogP contribution in [-0.2, 0) is 31.6 Å². The maximum Gasteiger partial charge on any atom is 0.337 e. The molecular weight excluding hydrogens is 489 g/mol. The zero-order valence-corrected chi connectivity index (χ0v) is 22.9. The van der Waals surface area contributed by atoms with E-state index in [-0.39, 0.29) is 11.9 Å². The topological polar surface area (TPSA) is 90.4 Å². The average Bonchev–Trinajstić information content (AvgIpc) is 3.29. The van der Waals surface area contributed by atoms with E-state index < -0.39 is 25.8 Å². The first-order chi connectivity index (χ1) is 17.7. The van der Waals surface area contributed by atoms with Crippen molar-refractivity contribution in [3.05, 3.63) is 59.7 Å². The van der Waals surface area contributed by atoms with Crippen molar-refractivity contribution in [2.75, 3.05) is 35.6 Å². The van der Waals surface area contributed by atoms with Crippen molar-refractivity contribution in [1.82, 2.24) is 4.90 Å². The van der Waals surface area contributed by atoms with Crippen molar-refractivity contribution in [1.29, 1.82) is 0 Å². The molecule has 2 aromatic carbocycles. The monoisotopic (exact) mass is 527 g/mol. The summed E-state index contributed by atoms with van der Waals surface area (Å²) in [5, 5.41) is 0. The van der Waals surface area contributed by atoms with E-state index in [2.05, 4.69) is 17.0 Å². The highest BCUT2D eigenvalue weighted by Crippen LogP contribution is 2.45. The molecule has 2 aromatic rings. The predicted octanol–water partition coefficient (Wildman–Crippen LogP) is 4.59. The number of hydrogen-bond acceptors (Lipinski definition) is 5. The summed E-state index contributed by atoms with van der Waals surface area (Å²) < 4.78 is 18.2. The summed E-state index contributed by atoms with van der Waals surface area (Å²) >= 11 is 0. The molecule has 1 fully saturated rings. The van der Waals surface area contributed by atoms with E-state index in [0.717, 1.165) is 50.1 Å². The summed E-state index contributed by atoms with van der Waals surface area (Å²) in [6.07, 6.45) is 1.85. The lowest BCUT2D eigenvalue weighted by atomic mass is 10.0. The van der Waals surface area contributed by atoms with E-state index in [1.54, 1.807) is 23.6 Å². The predicted molar refractivity (Wildman–Crippen MR) is 146 cm³/mol. The zero-order valence-electron chi connectivity index (χ0n) is 22.0. The maximum absolute atomic E-state index is 13.6. The molecule has 2 atom stereocenters. The fourth-order valence-electron chi connectivity index (χ4n) is 5.22. The third kappa shape index (κ3) is 6.88. The minimum absolute atomic E-state index is 0.0372. The quantitative estimate of drug-likeness (QED) is 0.480. The molecule has 1 N–H and O–H groups in total. The molecule has 1 saturated heterocycles. The molecule has 4 rings (SSSR count). The molecule has 0 aromatic heterocycles. The van der Waals surface area contributed by atoms with E-state index >= 15 is 0 Å². The highest BCUT2D eigenvalue weighted by molar-refractivity contribution is 7.53. The summed E-state index contributed by atoms with van der Waals surface area (Å²) in [6, 6.07) is 15.9. The van der Waals surface area contributed by atoms with Crippen molar-refractivity contribution in [2.24, 2.45) is 0 Å². The van der Waals surface area contributed by atoms with Crippen LogP contribution < -0.4 is 9.80 Å². The van der Waals surface area contributed by atoms with Crippen molar-refractivity contribution in [2.45, 2.75) is 65.1 Å². The van der Waals surface area contributed by atoms with E-state index in [9.17, 15) is 19.0 Å². The number of fused-ring (bicyclic) bond motifs is 1. The van der Waals surface area contributed by atoms with Crippen LogP contribution >= 0.6 is 7.60 Å². The largest absolute Gasteiger partial charge is 0.337 e. The highest BCUT2D eigenvalue weighted by Gasteiger charge is 2.35. The van der Waals surface area contributed by atoms with Crippen LogP contribution in [0.15, 0.2) is 48.5 Å². The van der Waals surface area contributed by atoms with Gasteiger partial charge < -0.3 is 19.2 Å². The molecule has 200 valence electrons. The summed E-state index contributed by atoms with van der Waals surface area (Å²) in [7, 11) is -4.11. The Balaban J connectivity index is 1.56. The minimum atomic E-state index is -4.11. The summed E-state index contributed by atoms with van der Waals surface area (Å²) in [5.41, 5.74) is 3.78. The number of amides is 2. The Hall–Kier alpha value is -2.51. The van der Waals surface area contributed by atoms with Gasteiger partial charge in [0, 0.05) is 50.5 Å². The molecule has 0 saturated carbocycles. The second-order valence-corrected chi connectivity index (χ2v) is 11.9. The fourth-order valence-corrected chi connectivity index (χ4v) is 6.50. The van der Waals surface area contributed by atoms with Gasteiger partial charge in [0.05, 0.1) is 6.10 Å². The Labute approximate surface area is 219 Å². The van der Waals surface area contributed by atoms with E-state index in [4.69, 9.17) is 4.52 Å². The van der Waals surface area contributed by atoms with Crippen molar-refractivity contribution in [3.63, 3.8) is 0 Å². The van der Waals surface area contributed by atoms with Gasteiger partial charge in [0.15, 0.2) is 0 Å². The lowest BCUT2D eigenvalue weighted by Gasteiger charge is -2.39. The molecule has 2 aliphatic heterocycles. The lowest BCUT2D eigenvalue weighted by molar-refractivity contribution is -0.117. The minimum Gasteiger partial charge on any atom is -0.324 e. The molecule has 0 aliphatic carbocycles. The van der Waals surface area contributed by atoms with Crippen LogP contribution in [0.3, 0.4) is 0 Å². The van der Waals surface area contributed by atoms with Gasteiger partial charge in [0.25, 0.3) is 0 Å². The third-order valence-corrected chi connectivity index (χ3v) is 8.68. The Morgan fingerprint density at radius 1 is 1.14 bits per heavy atom. The third-order valence-electron chi connectivity index (χ3n) is 7.32. The fraction of sp³-hybridized carbons (Fsp3) is 0.500. The van der Waals surface area contributed by atoms with Crippen LogP contribution in [0.2, 0.25) is 0 Å². The standard InChI is InChI=1S/C28H38N3O5P/c1-4-21(2)36-37(34,35)20-28(33)31(26-11-10-24-12-17-30(22(3)32)27(24)18-26)25-13-15-29(16-14-25)19-23-8-6-5-7-9-23/h5-11,18,21,25H,4,12-17,19-20H2,1-3H3,(H,34,35). The molecule has 2 heterocycles. The molecule has 0 bridgehead atoms. The number of rotatable bonds is 9. The molecule has 9 heteroatoms. The highest BCUT2D eigenvalue weighted by atomic mass is 31.2. The van der Waals surface area contributed by atoms with Gasteiger partial charge in [-0.1, -0.05) is 43.3 Å². The zero-order chi connectivity index (χ0) is 26.6. The second-order valence-electron chi connectivity index (χ2n) is 10.1. The number of likely N-dealkylation sites (tertiary alicyclic amines) is 1. The number of piperidine rings is 1. The Morgan fingerprint density at radius 2 is 1.84 bits per heavy atom. The van der Waals surface area contributed by atoms with Gasteiger partial charge in [-0.05, 0) is 55.9 Å². The number of carbonyl (C=O) groups excluding carboxylic acids is 2. The van der Waals surface area contributed by atoms with E-state index in [0.29, 0.717) is 18.7 Å². The van der Waals surface area contributed by atoms with Crippen LogP contribution in [0.5, 0.6) is 0 Å². The Morgan fingerprint density at radius 3 is 2.49 bits per heavy atom. The first kappa shape index (κ1) is 27.5. The molecule has 0 spiro atoms. The molecule has 8 nitrogen and oxygen atoms in total. The SMILES string of the molecule is CCC(C)OP(=O)(O)CC(=O)N(c1ccc2c(c1)N(C(C)=O)CC2)C1CCN(Cc2ccccc2)CC1. The number of anilines is 2. The van der Waals surface area contributed by atoms with Crippen LogP contribution in [0.4, 0.5) is 11.4 Å². The lowest BCUT2D eigenvalue weighted by Crippen LogP contribution is -2.48. The van der Waals surface area contributed by atoms with Crippen molar-refractivity contribution < 1.29 is 23.6 Å². The van der Waals surface area contributed by atoms with Crippen LogP contribution in [0.1, 0.15) is 51.2 Å². The summed E-state index contributed by atoms with van der Waals surface area (Å²) in [4.78, 5) is 42.1. The first-order valence-corrected chi connectivity index (χ1v) is 14.9. The number of nitrogens with zero attached hydrogens (tertiary/aromatic N) is 3. The van der Waals surface area contributed by atoms with Crippen LogP contribution in [0.25, 0.3) is 0 Å². The molecule has 2 unspecified atom stereocenters. The maximum atomic E-state index is 13.6. The van der Waals surface area contributed by atoms with Gasteiger partial charge in [0.1, 0.15) is 6.16 Å². The number of hydrogen-bond donors (Lipinski definition) is 1. The molecule has 2 aliphatic rings. The van der Waals surface area contributed by atoms with Gasteiger partial charge in [0.2, 0.25) is 11.8 Å². The van der Waals surface area contributed by atoms with Crippen LogP contribution in [0, 0.1) is 0 Å². The van der Waals surface area contributed by atoms with E-state index in [1.807, 2.05) is 43.3 Å². The van der Waals surface area contributed by atoms with Crippen molar-refractivity contribution >= 4 is 30.8 Å². The molecule has 2 amide bonds. The Kier molecular flexibility index (Phi) is 8.86. The summed E-state index contributed by atoms with van der Waals surface area (Å²) in [6.45, 7) is 8.23. The molecule has 37 heavy (non-hydrogen) atoms. The second kappa shape index (κ2) is 11.9. The Bertz CT molecular complexity index is 1150. The van der Waals surface area contributed by atoms with Gasteiger partial charge in [-0.15, -0.1) is 0 Å². The molecular formula is C28H38N3O5P. The number of carbonyl (C=O) groups is 2. The number of benzene rings is 2. The van der Waals surface area contributed by atoms with Gasteiger partial charge in [-0.3, -0.25) is 19.1 Å². The molecule has 0 radical (unpaired) electrons. The average molecular weight is 528 g/mol. The smallest absolute Gasteiger partial charge is 0.324 e. The van der Waals surface area contributed by atoms with E-state index in [1.165, 1.54) is 5.56 Å². The van der Waals surface area contributed by atoms with Gasteiger partial charge >= 0.3 is 7.60 Å². The summed E-state index contributed by atoms with van der Waals surface area (Å²) in [5.74, 6) is -0.465.